The Morgan fingerprint density at radius 1 is 1.37 bits per heavy atom. The van der Waals surface area contributed by atoms with Gasteiger partial charge in [0.2, 0.25) is 0 Å². The molecule has 2 heterocycles. The lowest BCUT2D eigenvalue weighted by atomic mass is 10.2. The summed E-state index contributed by atoms with van der Waals surface area (Å²) in [5.41, 5.74) is 0.991. The second-order valence-electron chi connectivity index (χ2n) is 5.39. The van der Waals surface area contributed by atoms with Gasteiger partial charge in [-0.2, -0.15) is 5.10 Å². The monoisotopic (exact) mass is 276 g/mol. The standard InChI is InChI=1S/C15H20N2OS/c1-11-6-7-15(19-11)14(18)10-12-8-9-17(16-12)13-4-2-3-5-13/h6-9,13-14,18H,2-5,10H2,1H3. The van der Waals surface area contributed by atoms with Crippen LogP contribution in [-0.4, -0.2) is 14.9 Å². The maximum absolute atomic E-state index is 10.2. The first kappa shape index (κ1) is 12.9. The highest BCUT2D eigenvalue weighted by Gasteiger charge is 2.18. The SMILES string of the molecule is Cc1ccc(C(O)Cc2ccn(C3CCCC3)n2)s1. The highest BCUT2D eigenvalue weighted by Crippen LogP contribution is 2.29. The van der Waals surface area contributed by atoms with E-state index < -0.39 is 6.10 Å². The number of hydrogen-bond acceptors (Lipinski definition) is 3. The van der Waals surface area contributed by atoms with Crippen LogP contribution in [0.25, 0.3) is 0 Å². The second-order valence-corrected chi connectivity index (χ2v) is 6.71. The fourth-order valence-electron chi connectivity index (χ4n) is 2.79. The lowest BCUT2D eigenvalue weighted by molar-refractivity contribution is 0.180. The van der Waals surface area contributed by atoms with E-state index in [-0.39, 0.29) is 0 Å². The molecule has 0 saturated heterocycles. The molecule has 0 aliphatic heterocycles. The quantitative estimate of drug-likeness (QED) is 0.925. The highest BCUT2D eigenvalue weighted by molar-refractivity contribution is 7.12. The van der Waals surface area contributed by atoms with Crippen molar-refractivity contribution in [1.29, 1.82) is 0 Å². The van der Waals surface area contributed by atoms with Gasteiger partial charge in [-0.25, -0.2) is 0 Å². The Labute approximate surface area is 117 Å². The lowest BCUT2D eigenvalue weighted by Gasteiger charge is -2.09. The summed E-state index contributed by atoms with van der Waals surface area (Å²) in [5.74, 6) is 0. The molecule has 1 N–H and O–H groups in total. The first-order valence-electron chi connectivity index (χ1n) is 7.01. The van der Waals surface area contributed by atoms with Gasteiger partial charge in [0, 0.05) is 22.4 Å². The molecule has 4 heteroatoms. The van der Waals surface area contributed by atoms with Gasteiger partial charge >= 0.3 is 0 Å². The molecule has 1 atom stereocenters. The number of aryl methyl sites for hydroxylation is 1. The molecule has 1 fully saturated rings. The minimum atomic E-state index is -0.425. The Balaban J connectivity index is 1.66. The number of aliphatic hydroxyl groups excluding tert-OH is 1. The molecule has 1 unspecified atom stereocenters. The van der Waals surface area contributed by atoms with Crippen LogP contribution in [0.4, 0.5) is 0 Å². The Bertz CT molecular complexity index is 540. The minimum absolute atomic E-state index is 0.425. The maximum Gasteiger partial charge on any atom is 0.0938 e. The fraction of sp³-hybridized carbons (Fsp3) is 0.533. The van der Waals surface area contributed by atoms with Crippen LogP contribution in [0.5, 0.6) is 0 Å². The summed E-state index contributed by atoms with van der Waals surface area (Å²) < 4.78 is 2.09. The second kappa shape index (κ2) is 5.47. The van der Waals surface area contributed by atoms with Gasteiger partial charge in [0.1, 0.15) is 0 Å². The average Bonchev–Trinajstić information content (AvgIpc) is 3.07. The number of aromatic nitrogens is 2. The van der Waals surface area contributed by atoms with E-state index in [0.29, 0.717) is 12.5 Å². The van der Waals surface area contributed by atoms with E-state index in [0.717, 1.165) is 10.6 Å². The number of hydrogen-bond donors (Lipinski definition) is 1. The molecule has 3 nitrogen and oxygen atoms in total. The van der Waals surface area contributed by atoms with Crippen LogP contribution < -0.4 is 0 Å². The summed E-state index contributed by atoms with van der Waals surface area (Å²) in [7, 11) is 0. The van der Waals surface area contributed by atoms with Crippen molar-refractivity contribution >= 4 is 11.3 Å². The van der Waals surface area contributed by atoms with Gasteiger partial charge in [-0.3, -0.25) is 4.68 Å². The molecule has 0 amide bonds. The van der Waals surface area contributed by atoms with Gasteiger partial charge in [-0.05, 0) is 38.0 Å². The topological polar surface area (TPSA) is 38.0 Å². The number of thiophene rings is 1. The highest BCUT2D eigenvalue weighted by atomic mass is 32.1. The van der Waals surface area contributed by atoms with Crippen molar-refractivity contribution in [3.63, 3.8) is 0 Å². The van der Waals surface area contributed by atoms with Crippen molar-refractivity contribution < 1.29 is 5.11 Å². The summed E-state index contributed by atoms with van der Waals surface area (Å²) in [6, 6.07) is 6.69. The van der Waals surface area contributed by atoms with Gasteiger partial charge in [-0.1, -0.05) is 12.8 Å². The largest absolute Gasteiger partial charge is 0.387 e. The molecule has 1 saturated carbocycles. The number of aliphatic hydroxyl groups is 1. The zero-order valence-corrected chi connectivity index (χ0v) is 12.1. The molecular weight excluding hydrogens is 256 g/mol. The zero-order chi connectivity index (χ0) is 13.2. The molecule has 0 bridgehead atoms. The number of nitrogens with zero attached hydrogens (tertiary/aromatic N) is 2. The summed E-state index contributed by atoms with van der Waals surface area (Å²) in [4.78, 5) is 2.28. The Morgan fingerprint density at radius 3 is 2.84 bits per heavy atom. The van der Waals surface area contributed by atoms with E-state index in [9.17, 15) is 5.11 Å². The summed E-state index contributed by atoms with van der Waals surface area (Å²) in [6.45, 7) is 2.07. The van der Waals surface area contributed by atoms with Crippen LogP contribution in [0, 0.1) is 6.92 Å². The smallest absolute Gasteiger partial charge is 0.0938 e. The average molecular weight is 276 g/mol. The summed E-state index contributed by atoms with van der Waals surface area (Å²) >= 11 is 1.66. The molecule has 2 aromatic heterocycles. The van der Waals surface area contributed by atoms with E-state index in [1.807, 2.05) is 12.1 Å². The Hall–Kier alpha value is -1.13. The molecular formula is C15H20N2OS. The third-order valence-electron chi connectivity index (χ3n) is 3.85. The van der Waals surface area contributed by atoms with E-state index in [4.69, 9.17) is 0 Å². The number of rotatable bonds is 4. The molecule has 1 aliphatic carbocycles. The van der Waals surface area contributed by atoms with Crippen molar-refractivity contribution in [2.45, 2.75) is 51.2 Å². The van der Waals surface area contributed by atoms with Gasteiger partial charge in [0.15, 0.2) is 0 Å². The molecule has 0 radical (unpaired) electrons. The van der Waals surface area contributed by atoms with Crippen LogP contribution in [0.1, 0.15) is 53.3 Å². The van der Waals surface area contributed by atoms with E-state index in [2.05, 4.69) is 29.0 Å². The van der Waals surface area contributed by atoms with Crippen molar-refractivity contribution in [3.05, 3.63) is 39.8 Å². The third-order valence-corrected chi connectivity index (χ3v) is 4.96. The van der Waals surface area contributed by atoms with Gasteiger partial charge in [0.05, 0.1) is 17.8 Å². The predicted molar refractivity (Wildman–Crippen MR) is 77.5 cm³/mol. The molecule has 0 aromatic carbocycles. The third kappa shape index (κ3) is 2.90. The van der Waals surface area contributed by atoms with Crippen LogP contribution in [-0.2, 0) is 6.42 Å². The zero-order valence-electron chi connectivity index (χ0n) is 11.2. The molecule has 19 heavy (non-hydrogen) atoms. The first-order valence-corrected chi connectivity index (χ1v) is 7.82. The predicted octanol–water partition coefficient (Wildman–Crippen LogP) is 3.64. The van der Waals surface area contributed by atoms with Crippen LogP contribution in [0.15, 0.2) is 24.4 Å². The minimum Gasteiger partial charge on any atom is -0.387 e. The van der Waals surface area contributed by atoms with Gasteiger partial charge in [0.25, 0.3) is 0 Å². The molecule has 102 valence electrons. The molecule has 1 aliphatic rings. The lowest BCUT2D eigenvalue weighted by Crippen LogP contribution is -2.07. The van der Waals surface area contributed by atoms with Crippen molar-refractivity contribution in [2.24, 2.45) is 0 Å². The molecule has 2 aromatic rings. The van der Waals surface area contributed by atoms with Crippen LogP contribution in [0.3, 0.4) is 0 Å². The summed E-state index contributed by atoms with van der Waals surface area (Å²) in [5, 5.41) is 14.8. The fourth-order valence-corrected chi connectivity index (χ4v) is 3.65. The first-order chi connectivity index (χ1) is 9.22. The van der Waals surface area contributed by atoms with Crippen molar-refractivity contribution in [1.82, 2.24) is 9.78 Å². The Kier molecular flexibility index (Phi) is 3.71. The van der Waals surface area contributed by atoms with Gasteiger partial charge in [-0.15, -0.1) is 11.3 Å². The van der Waals surface area contributed by atoms with E-state index in [1.165, 1.54) is 30.6 Å². The molecule has 3 rings (SSSR count). The van der Waals surface area contributed by atoms with Crippen LogP contribution in [0.2, 0.25) is 0 Å². The van der Waals surface area contributed by atoms with Gasteiger partial charge < -0.3 is 5.11 Å². The Morgan fingerprint density at radius 2 is 2.16 bits per heavy atom. The maximum atomic E-state index is 10.2. The van der Waals surface area contributed by atoms with Crippen molar-refractivity contribution in [3.8, 4) is 0 Å². The van der Waals surface area contributed by atoms with Crippen LogP contribution >= 0.6 is 11.3 Å². The molecule has 0 spiro atoms. The summed E-state index contributed by atoms with van der Waals surface area (Å²) in [6.07, 6.45) is 7.37. The normalized spacial score (nSPS) is 18.0. The van der Waals surface area contributed by atoms with E-state index in [1.54, 1.807) is 11.3 Å². The van der Waals surface area contributed by atoms with Crippen molar-refractivity contribution in [2.75, 3.05) is 0 Å². The van der Waals surface area contributed by atoms with E-state index >= 15 is 0 Å².